The van der Waals surface area contributed by atoms with E-state index in [1.165, 1.54) is 0 Å². The van der Waals surface area contributed by atoms with E-state index in [0.717, 1.165) is 27.8 Å². The normalized spacial score (nSPS) is 12.7. The van der Waals surface area contributed by atoms with Crippen LogP contribution >= 0.6 is 0 Å². The van der Waals surface area contributed by atoms with E-state index < -0.39 is 25.3 Å². The second-order valence-corrected chi connectivity index (χ2v) is 19.9. The predicted molar refractivity (Wildman–Crippen MR) is 219 cm³/mol. The summed E-state index contributed by atoms with van der Waals surface area (Å²) in [7, 11) is -7.28. The van der Waals surface area contributed by atoms with E-state index in [2.05, 4.69) is 46.8 Å². The number of hydrogen-bond donors (Lipinski definition) is 0. The van der Waals surface area contributed by atoms with Gasteiger partial charge in [-0.25, -0.2) is 16.8 Å². The molecule has 0 bridgehead atoms. The van der Waals surface area contributed by atoms with Crippen LogP contribution in [0.25, 0.3) is 0 Å². The highest BCUT2D eigenvalue weighted by Gasteiger charge is 2.27. The first-order valence-electron chi connectivity index (χ1n) is 18.2. The fraction of sp³-hybridized carbons (Fsp3) is 0.234. The molecule has 0 atom stereocenters. The fourth-order valence-corrected chi connectivity index (χ4v) is 8.90. The average Bonchev–Trinajstić information content (AvgIpc) is 3.15. The largest absolute Gasteiger partial charge is 0.483 e. The van der Waals surface area contributed by atoms with Crippen molar-refractivity contribution in [2.75, 3.05) is 0 Å². The standard InChI is InChI=1S/C47H48O6S2/c1-33-9-25-41(26-10-33)54(48,49)43-29-17-37(18-30-43)47(7,8)53-40-21-13-36(14-22-40)46(5,6)35-11-19-38(20-12-35)52-39-23-31-44(32-24-39)55(50,51)42-27-15-34(16-28-42)45(2,3)4/h9-32H,1-8H3. The second-order valence-electron chi connectivity index (χ2n) is 16.0. The zero-order valence-electron chi connectivity index (χ0n) is 32.6. The van der Waals surface area contributed by atoms with Crippen molar-refractivity contribution in [1.82, 2.24) is 0 Å². The van der Waals surface area contributed by atoms with Gasteiger partial charge in [0.25, 0.3) is 0 Å². The van der Waals surface area contributed by atoms with E-state index in [0.29, 0.717) is 17.2 Å². The first-order valence-corrected chi connectivity index (χ1v) is 21.2. The molecule has 0 saturated carbocycles. The molecule has 0 aliphatic rings. The summed E-state index contributed by atoms with van der Waals surface area (Å²) in [6.07, 6.45) is 0. The van der Waals surface area contributed by atoms with E-state index >= 15 is 0 Å². The van der Waals surface area contributed by atoms with Crippen molar-refractivity contribution in [1.29, 1.82) is 0 Å². The third-order valence-electron chi connectivity index (χ3n) is 10.1. The van der Waals surface area contributed by atoms with E-state index in [4.69, 9.17) is 9.47 Å². The van der Waals surface area contributed by atoms with Gasteiger partial charge in [0, 0.05) is 5.41 Å². The molecule has 6 nitrogen and oxygen atoms in total. The molecule has 284 valence electrons. The van der Waals surface area contributed by atoms with Crippen LogP contribution in [0, 0.1) is 6.92 Å². The van der Waals surface area contributed by atoms with Crippen LogP contribution in [0.4, 0.5) is 0 Å². The average molecular weight is 773 g/mol. The highest BCUT2D eigenvalue weighted by Crippen LogP contribution is 2.36. The highest BCUT2D eigenvalue weighted by molar-refractivity contribution is 7.91. The Bertz CT molecular complexity index is 2480. The lowest BCUT2D eigenvalue weighted by molar-refractivity contribution is 0.109. The zero-order chi connectivity index (χ0) is 39.8. The van der Waals surface area contributed by atoms with Crippen LogP contribution in [-0.4, -0.2) is 16.8 Å². The van der Waals surface area contributed by atoms with Gasteiger partial charge in [0.1, 0.15) is 22.8 Å². The van der Waals surface area contributed by atoms with Crippen LogP contribution in [0.2, 0.25) is 0 Å². The Kier molecular flexibility index (Phi) is 10.6. The van der Waals surface area contributed by atoms with Crippen LogP contribution in [0.3, 0.4) is 0 Å². The van der Waals surface area contributed by atoms with E-state index in [1.54, 1.807) is 84.9 Å². The quantitative estimate of drug-likeness (QED) is 0.130. The lowest BCUT2D eigenvalue weighted by atomic mass is 9.78. The van der Waals surface area contributed by atoms with Crippen molar-refractivity contribution >= 4 is 19.7 Å². The van der Waals surface area contributed by atoms with Crippen LogP contribution < -0.4 is 9.47 Å². The lowest BCUT2D eigenvalue weighted by Gasteiger charge is -2.29. The molecule has 0 saturated heterocycles. The molecule has 0 N–H and O–H groups in total. The molecule has 0 aromatic heterocycles. The predicted octanol–water partition coefficient (Wildman–Crippen LogP) is 11.4. The minimum absolute atomic E-state index is 0.0638. The molecule has 0 aliphatic carbocycles. The van der Waals surface area contributed by atoms with E-state index in [9.17, 15) is 16.8 Å². The minimum atomic E-state index is -3.66. The van der Waals surface area contributed by atoms with Gasteiger partial charge in [-0.15, -0.1) is 0 Å². The summed E-state index contributed by atoms with van der Waals surface area (Å²) in [5.74, 6) is 1.87. The first kappa shape index (κ1) is 39.5. The van der Waals surface area contributed by atoms with Gasteiger partial charge in [0.05, 0.1) is 19.6 Å². The molecular formula is C47H48O6S2. The van der Waals surface area contributed by atoms with Crippen molar-refractivity contribution < 1.29 is 26.3 Å². The molecule has 0 fully saturated rings. The molecule has 6 rings (SSSR count). The molecular weight excluding hydrogens is 725 g/mol. The molecule has 55 heavy (non-hydrogen) atoms. The van der Waals surface area contributed by atoms with E-state index in [1.807, 2.05) is 69.3 Å². The summed E-state index contributed by atoms with van der Waals surface area (Å²) in [5.41, 5.74) is 4.01. The summed E-state index contributed by atoms with van der Waals surface area (Å²) >= 11 is 0. The number of hydrogen-bond acceptors (Lipinski definition) is 6. The Morgan fingerprint density at radius 2 is 0.691 bits per heavy atom. The maximum atomic E-state index is 13.3. The Morgan fingerprint density at radius 3 is 1.09 bits per heavy atom. The third kappa shape index (κ3) is 8.56. The maximum Gasteiger partial charge on any atom is 0.206 e. The molecule has 0 spiro atoms. The molecule has 0 aliphatic heterocycles. The van der Waals surface area contributed by atoms with Gasteiger partial charge in [0.15, 0.2) is 0 Å². The molecule has 0 unspecified atom stereocenters. The highest BCUT2D eigenvalue weighted by atomic mass is 32.2. The molecule has 6 aromatic rings. The molecule has 6 aromatic carbocycles. The van der Waals surface area contributed by atoms with Gasteiger partial charge in [-0.1, -0.05) is 101 Å². The topological polar surface area (TPSA) is 86.7 Å². The smallest absolute Gasteiger partial charge is 0.206 e. The second kappa shape index (κ2) is 14.8. The summed E-state index contributed by atoms with van der Waals surface area (Å²) in [6.45, 7) is 16.4. The molecule has 0 heterocycles. The summed E-state index contributed by atoms with van der Waals surface area (Å²) in [4.78, 5) is 0.976. The Balaban J connectivity index is 1.09. The Morgan fingerprint density at radius 1 is 0.382 bits per heavy atom. The Hall–Kier alpha value is -5.18. The SMILES string of the molecule is Cc1ccc(S(=O)(=O)c2ccc(C(C)(C)Oc3ccc(C(C)(C)c4ccc(Oc5ccc(S(=O)(=O)c6ccc(C(C)(C)C)cc6)cc5)cc4)cc3)cc2)cc1. The summed E-state index contributed by atoms with van der Waals surface area (Å²) < 4.78 is 65.3. The minimum Gasteiger partial charge on any atom is -0.483 e. The van der Waals surface area contributed by atoms with Crippen LogP contribution in [0.15, 0.2) is 165 Å². The molecule has 8 heteroatoms. The number of sulfone groups is 2. The third-order valence-corrected chi connectivity index (χ3v) is 13.7. The van der Waals surface area contributed by atoms with Gasteiger partial charge in [0.2, 0.25) is 19.7 Å². The summed E-state index contributed by atoms with van der Waals surface area (Å²) in [6, 6.07) is 43.2. The van der Waals surface area contributed by atoms with Gasteiger partial charge in [-0.05, 0) is 133 Å². The number of aryl methyl sites for hydroxylation is 1. The lowest BCUT2D eigenvalue weighted by Crippen LogP contribution is -2.25. The zero-order valence-corrected chi connectivity index (χ0v) is 34.3. The van der Waals surface area contributed by atoms with Crippen LogP contribution in [0.5, 0.6) is 17.2 Å². The number of ether oxygens (including phenoxy) is 2. The van der Waals surface area contributed by atoms with Crippen LogP contribution in [-0.2, 0) is 36.1 Å². The monoisotopic (exact) mass is 772 g/mol. The van der Waals surface area contributed by atoms with Gasteiger partial charge < -0.3 is 9.47 Å². The molecule has 0 radical (unpaired) electrons. The Labute approximate surface area is 326 Å². The van der Waals surface area contributed by atoms with Gasteiger partial charge >= 0.3 is 0 Å². The van der Waals surface area contributed by atoms with Gasteiger partial charge in [-0.3, -0.25) is 0 Å². The van der Waals surface area contributed by atoms with Crippen LogP contribution in [0.1, 0.15) is 76.3 Å². The number of rotatable bonds is 11. The number of benzene rings is 6. The summed E-state index contributed by atoms with van der Waals surface area (Å²) in [5, 5.41) is 0. The van der Waals surface area contributed by atoms with Crippen molar-refractivity contribution in [3.05, 3.63) is 173 Å². The van der Waals surface area contributed by atoms with E-state index in [-0.39, 0.29) is 30.4 Å². The fourth-order valence-electron chi connectivity index (χ4n) is 6.38. The first-order chi connectivity index (χ1) is 25.8. The van der Waals surface area contributed by atoms with Crippen molar-refractivity contribution in [2.24, 2.45) is 0 Å². The van der Waals surface area contributed by atoms with Gasteiger partial charge in [-0.2, -0.15) is 0 Å². The van der Waals surface area contributed by atoms with Crippen molar-refractivity contribution in [3.8, 4) is 17.2 Å². The maximum absolute atomic E-state index is 13.3. The molecule has 0 amide bonds. The van der Waals surface area contributed by atoms with Crippen molar-refractivity contribution in [2.45, 2.75) is 91.4 Å². The van der Waals surface area contributed by atoms with Crippen molar-refractivity contribution in [3.63, 3.8) is 0 Å².